The smallest absolute Gasteiger partial charge is 0.339 e. The molecule has 2 heterocycles. The molecule has 1 aliphatic heterocycles. The van der Waals surface area contributed by atoms with Crippen LogP contribution in [0.1, 0.15) is 32.9 Å². The Kier molecular flexibility index (Phi) is 6.32. The molecule has 9 heteroatoms. The van der Waals surface area contributed by atoms with Gasteiger partial charge in [-0.05, 0) is 68.3 Å². The molecule has 1 aliphatic rings. The first kappa shape index (κ1) is 24.0. The summed E-state index contributed by atoms with van der Waals surface area (Å²) in [5, 5.41) is 2.61. The highest BCUT2D eigenvalue weighted by Gasteiger charge is 2.38. The summed E-state index contributed by atoms with van der Waals surface area (Å²) in [6.07, 6.45) is 1.44. The molecule has 1 aromatic heterocycles. The lowest BCUT2D eigenvalue weighted by Gasteiger charge is -2.27. The number of benzene rings is 2. The third-order valence-electron chi connectivity index (χ3n) is 5.90. The lowest BCUT2D eigenvalue weighted by Crippen LogP contribution is -2.54. The molecule has 4 amide bonds. The number of amides is 4. The molecule has 0 spiro atoms. The number of hydrogen-bond donors (Lipinski definition) is 1. The fourth-order valence-electron chi connectivity index (χ4n) is 4.13. The van der Waals surface area contributed by atoms with Gasteiger partial charge in [0.25, 0.3) is 11.8 Å². The minimum atomic E-state index is -0.847. The van der Waals surface area contributed by atoms with E-state index in [1.807, 2.05) is 18.4 Å². The number of ether oxygens (including phenoxy) is 1. The number of barbiturate groups is 1. The molecule has 0 saturated carbocycles. The lowest BCUT2D eigenvalue weighted by atomic mass is 10.1. The van der Waals surface area contributed by atoms with Crippen molar-refractivity contribution in [3.8, 4) is 5.69 Å². The maximum Gasteiger partial charge on any atom is 0.339 e. The molecule has 1 saturated heterocycles. The molecular formula is C26H22ClN3O5. The zero-order chi connectivity index (χ0) is 25.4. The van der Waals surface area contributed by atoms with Crippen LogP contribution in [0.2, 0.25) is 5.02 Å². The van der Waals surface area contributed by atoms with Crippen molar-refractivity contribution in [2.75, 3.05) is 12.0 Å². The van der Waals surface area contributed by atoms with Gasteiger partial charge in [-0.15, -0.1) is 0 Å². The summed E-state index contributed by atoms with van der Waals surface area (Å²) < 4.78 is 6.75. The number of aromatic nitrogens is 1. The monoisotopic (exact) mass is 491 g/mol. The van der Waals surface area contributed by atoms with Crippen LogP contribution in [0.15, 0.2) is 54.1 Å². The fourth-order valence-corrected chi connectivity index (χ4v) is 4.30. The highest BCUT2D eigenvalue weighted by atomic mass is 35.5. The number of aryl methyl sites for hydroxylation is 1. The summed E-state index contributed by atoms with van der Waals surface area (Å²) in [6, 6.07) is 12.8. The van der Waals surface area contributed by atoms with Crippen LogP contribution in [0.25, 0.3) is 11.8 Å². The van der Waals surface area contributed by atoms with Crippen molar-refractivity contribution in [2.45, 2.75) is 20.8 Å². The molecule has 0 radical (unpaired) electrons. The largest absolute Gasteiger partial charge is 0.465 e. The van der Waals surface area contributed by atoms with Gasteiger partial charge in [0.2, 0.25) is 0 Å². The normalized spacial score (nSPS) is 14.9. The maximum absolute atomic E-state index is 13.3. The van der Waals surface area contributed by atoms with Gasteiger partial charge in [0.1, 0.15) is 5.57 Å². The van der Waals surface area contributed by atoms with E-state index in [-0.39, 0.29) is 11.3 Å². The zero-order valence-electron chi connectivity index (χ0n) is 19.5. The van der Waals surface area contributed by atoms with Gasteiger partial charge in [-0.1, -0.05) is 29.8 Å². The van der Waals surface area contributed by atoms with Gasteiger partial charge < -0.3 is 9.30 Å². The first-order valence-corrected chi connectivity index (χ1v) is 11.1. The number of urea groups is 1. The van der Waals surface area contributed by atoms with Crippen molar-refractivity contribution in [2.24, 2.45) is 0 Å². The molecule has 8 nitrogen and oxygen atoms in total. The topological polar surface area (TPSA) is 97.7 Å². The number of nitrogens with zero attached hydrogens (tertiary/aromatic N) is 2. The second-order valence-corrected chi connectivity index (χ2v) is 8.42. The highest BCUT2D eigenvalue weighted by molar-refractivity contribution is 6.40. The maximum atomic E-state index is 13.3. The average molecular weight is 492 g/mol. The van der Waals surface area contributed by atoms with Crippen molar-refractivity contribution < 1.29 is 23.9 Å². The number of para-hydroxylation sites is 1. The number of nitrogens with one attached hydrogen (secondary N) is 1. The number of carbonyl (C=O) groups excluding carboxylic acids is 4. The molecule has 2 aromatic carbocycles. The average Bonchev–Trinajstić information content (AvgIpc) is 3.11. The quantitative estimate of drug-likeness (QED) is 0.329. The van der Waals surface area contributed by atoms with Crippen LogP contribution in [0.5, 0.6) is 0 Å². The molecule has 4 rings (SSSR count). The standard InChI is InChI=1S/C26H22ClN3O5/c1-14-12-17(16(3)29(14)22-10-6-5-8-18(22)25(33)35-4)13-19-23(31)28-26(34)30(24(19)32)21-11-7-9-20(27)15(21)2/h5-13H,1-4H3,(H,28,31,34)/b19-13+. The van der Waals surface area contributed by atoms with Crippen LogP contribution in [0, 0.1) is 20.8 Å². The Labute approximate surface area is 206 Å². The van der Waals surface area contributed by atoms with E-state index in [0.717, 1.165) is 10.6 Å². The molecular weight excluding hydrogens is 470 g/mol. The number of esters is 1. The van der Waals surface area contributed by atoms with Crippen LogP contribution in [0.4, 0.5) is 10.5 Å². The molecule has 1 N–H and O–H groups in total. The van der Waals surface area contributed by atoms with Crippen molar-refractivity contribution in [3.05, 3.63) is 87.2 Å². The van der Waals surface area contributed by atoms with Gasteiger partial charge in [-0.25, -0.2) is 14.5 Å². The van der Waals surface area contributed by atoms with Crippen LogP contribution in [-0.2, 0) is 14.3 Å². The van der Waals surface area contributed by atoms with Gasteiger partial charge >= 0.3 is 12.0 Å². The van der Waals surface area contributed by atoms with Gasteiger partial charge in [-0.2, -0.15) is 0 Å². The molecule has 35 heavy (non-hydrogen) atoms. The fraction of sp³-hybridized carbons (Fsp3) is 0.154. The summed E-state index contributed by atoms with van der Waals surface area (Å²) in [7, 11) is 1.31. The van der Waals surface area contributed by atoms with Crippen molar-refractivity contribution >= 4 is 47.2 Å². The Morgan fingerprint density at radius 3 is 2.40 bits per heavy atom. The van der Waals surface area contributed by atoms with E-state index in [2.05, 4.69) is 5.32 Å². The molecule has 0 bridgehead atoms. The molecule has 178 valence electrons. The van der Waals surface area contributed by atoms with Crippen LogP contribution >= 0.6 is 11.6 Å². The Hall–Kier alpha value is -4.17. The van der Waals surface area contributed by atoms with E-state index in [1.165, 1.54) is 13.2 Å². The van der Waals surface area contributed by atoms with Crippen molar-refractivity contribution in [1.29, 1.82) is 0 Å². The van der Waals surface area contributed by atoms with E-state index in [0.29, 0.717) is 33.1 Å². The molecule has 0 unspecified atom stereocenters. The van der Waals surface area contributed by atoms with Crippen LogP contribution in [-0.4, -0.2) is 35.5 Å². The second kappa shape index (κ2) is 9.23. The highest BCUT2D eigenvalue weighted by Crippen LogP contribution is 2.31. The van der Waals surface area contributed by atoms with Gasteiger partial charge in [-0.3, -0.25) is 14.9 Å². The predicted octanol–water partition coefficient (Wildman–Crippen LogP) is 4.51. The summed E-state index contributed by atoms with van der Waals surface area (Å²) in [5.74, 6) is -2.04. The Balaban J connectivity index is 1.81. The van der Waals surface area contributed by atoms with Crippen LogP contribution in [0.3, 0.4) is 0 Å². The van der Waals surface area contributed by atoms with E-state index in [9.17, 15) is 19.2 Å². The molecule has 1 fully saturated rings. The summed E-state index contributed by atoms with van der Waals surface area (Å²) in [4.78, 5) is 51.8. The third-order valence-corrected chi connectivity index (χ3v) is 6.31. The number of halogens is 1. The van der Waals surface area contributed by atoms with E-state index in [1.54, 1.807) is 55.5 Å². The van der Waals surface area contributed by atoms with Crippen molar-refractivity contribution in [1.82, 2.24) is 9.88 Å². The zero-order valence-corrected chi connectivity index (χ0v) is 20.3. The number of carbonyl (C=O) groups is 4. The number of methoxy groups -OCH3 is 1. The third kappa shape index (κ3) is 4.13. The van der Waals surface area contributed by atoms with Gasteiger partial charge in [0.15, 0.2) is 0 Å². The van der Waals surface area contributed by atoms with Gasteiger partial charge in [0.05, 0.1) is 24.0 Å². The Morgan fingerprint density at radius 2 is 1.69 bits per heavy atom. The SMILES string of the molecule is COC(=O)c1ccccc1-n1c(C)cc(/C=C2\C(=O)NC(=O)N(c3cccc(Cl)c3C)C2=O)c1C. The van der Waals surface area contributed by atoms with Crippen molar-refractivity contribution in [3.63, 3.8) is 0 Å². The van der Waals surface area contributed by atoms with E-state index < -0.39 is 23.8 Å². The molecule has 3 aromatic rings. The summed E-state index contributed by atoms with van der Waals surface area (Å²) in [6.45, 7) is 5.34. The Bertz CT molecular complexity index is 1440. The number of anilines is 1. The first-order valence-electron chi connectivity index (χ1n) is 10.7. The number of hydrogen-bond acceptors (Lipinski definition) is 5. The second-order valence-electron chi connectivity index (χ2n) is 8.01. The first-order chi connectivity index (χ1) is 16.6. The van der Waals surface area contributed by atoms with E-state index >= 15 is 0 Å². The number of rotatable bonds is 4. The van der Waals surface area contributed by atoms with E-state index in [4.69, 9.17) is 16.3 Å². The number of imide groups is 2. The summed E-state index contributed by atoms with van der Waals surface area (Å²) >= 11 is 6.18. The van der Waals surface area contributed by atoms with Crippen LogP contribution < -0.4 is 10.2 Å². The minimum absolute atomic E-state index is 0.203. The summed E-state index contributed by atoms with van der Waals surface area (Å²) in [5.41, 5.74) is 3.63. The molecule has 0 atom stereocenters. The molecule has 0 aliphatic carbocycles. The minimum Gasteiger partial charge on any atom is -0.465 e. The predicted molar refractivity (Wildman–Crippen MR) is 132 cm³/mol. The lowest BCUT2D eigenvalue weighted by molar-refractivity contribution is -0.122. The van der Waals surface area contributed by atoms with Gasteiger partial charge in [0, 0.05) is 16.4 Å². The Morgan fingerprint density at radius 1 is 1.00 bits per heavy atom.